The van der Waals surface area contributed by atoms with Gasteiger partial charge in [-0.15, -0.1) is 15.0 Å². The molecule has 1 atom stereocenters. The number of nitrogens with zero attached hydrogens (tertiary/aromatic N) is 6. The molecule has 0 bridgehead atoms. The lowest BCUT2D eigenvalue weighted by Crippen LogP contribution is -2.29. The van der Waals surface area contributed by atoms with Crippen LogP contribution in [0.3, 0.4) is 0 Å². The van der Waals surface area contributed by atoms with Gasteiger partial charge in [0.25, 0.3) is 0 Å². The topological polar surface area (TPSA) is 59.7 Å². The molecule has 4 rings (SSSR count). The Kier molecular flexibility index (Phi) is 5.21. The van der Waals surface area contributed by atoms with Crippen LogP contribution in [0.2, 0.25) is 0 Å². The maximum atomic E-state index is 4.57. The van der Waals surface area contributed by atoms with Crippen molar-refractivity contribution in [2.75, 3.05) is 7.05 Å². The molecular formula is C22H22N6. The molecule has 0 saturated carbocycles. The first-order valence-corrected chi connectivity index (χ1v) is 9.21. The standard InChI is InChI=1S/C22H22N6/c1-17-11-13-19(14-12-17)22-24-26-28(25-22)16-27(2)21(18-8-4-3-5-9-18)20-10-6-7-15-23-20/h3-15,21H,16H2,1-2H3. The van der Waals surface area contributed by atoms with E-state index in [-0.39, 0.29) is 6.04 Å². The average Bonchev–Trinajstić information content (AvgIpc) is 3.19. The molecule has 0 aliphatic carbocycles. The van der Waals surface area contributed by atoms with Crippen LogP contribution in [0.25, 0.3) is 11.4 Å². The lowest BCUT2D eigenvalue weighted by molar-refractivity contribution is 0.191. The number of hydrogen-bond donors (Lipinski definition) is 0. The number of tetrazole rings is 1. The summed E-state index contributed by atoms with van der Waals surface area (Å²) in [5, 5.41) is 13.0. The highest BCUT2D eigenvalue weighted by Gasteiger charge is 2.21. The lowest BCUT2D eigenvalue weighted by atomic mass is 10.0. The fourth-order valence-corrected chi connectivity index (χ4v) is 3.23. The molecule has 140 valence electrons. The monoisotopic (exact) mass is 370 g/mol. The summed E-state index contributed by atoms with van der Waals surface area (Å²) >= 11 is 0. The van der Waals surface area contributed by atoms with E-state index >= 15 is 0 Å². The first-order chi connectivity index (χ1) is 13.7. The predicted octanol–water partition coefficient (Wildman–Crippen LogP) is 3.72. The zero-order chi connectivity index (χ0) is 19.3. The second-order valence-corrected chi connectivity index (χ2v) is 6.82. The Hall–Kier alpha value is -3.38. The highest BCUT2D eigenvalue weighted by atomic mass is 15.6. The molecule has 2 heterocycles. The molecule has 2 aromatic heterocycles. The summed E-state index contributed by atoms with van der Waals surface area (Å²) in [6, 6.07) is 24.4. The fourth-order valence-electron chi connectivity index (χ4n) is 3.23. The van der Waals surface area contributed by atoms with Crippen molar-refractivity contribution in [1.82, 2.24) is 30.1 Å². The van der Waals surface area contributed by atoms with Gasteiger partial charge in [-0.2, -0.15) is 0 Å². The summed E-state index contributed by atoms with van der Waals surface area (Å²) in [6.07, 6.45) is 1.82. The van der Waals surface area contributed by atoms with E-state index in [0.717, 1.165) is 11.3 Å². The van der Waals surface area contributed by atoms with E-state index in [4.69, 9.17) is 0 Å². The molecule has 0 aliphatic heterocycles. The molecular weight excluding hydrogens is 348 g/mol. The van der Waals surface area contributed by atoms with Crippen molar-refractivity contribution >= 4 is 0 Å². The highest BCUT2D eigenvalue weighted by molar-refractivity contribution is 5.53. The number of rotatable bonds is 6. The van der Waals surface area contributed by atoms with Crippen molar-refractivity contribution in [3.63, 3.8) is 0 Å². The van der Waals surface area contributed by atoms with Gasteiger partial charge in [0, 0.05) is 11.8 Å². The number of aromatic nitrogens is 5. The third-order valence-corrected chi connectivity index (χ3v) is 4.64. The van der Waals surface area contributed by atoms with Crippen molar-refractivity contribution in [3.05, 3.63) is 95.8 Å². The fraction of sp³-hybridized carbons (Fsp3) is 0.182. The molecule has 1 unspecified atom stereocenters. The SMILES string of the molecule is Cc1ccc(-c2nnn(CN(C)C(c3ccccc3)c3ccccn3)n2)cc1. The van der Waals surface area contributed by atoms with Gasteiger partial charge < -0.3 is 0 Å². The van der Waals surface area contributed by atoms with E-state index in [9.17, 15) is 0 Å². The summed E-state index contributed by atoms with van der Waals surface area (Å²) < 4.78 is 0. The Balaban J connectivity index is 1.58. The van der Waals surface area contributed by atoms with Crippen LogP contribution in [0.15, 0.2) is 79.0 Å². The van der Waals surface area contributed by atoms with Crippen molar-refractivity contribution in [1.29, 1.82) is 0 Å². The van der Waals surface area contributed by atoms with Gasteiger partial charge >= 0.3 is 0 Å². The van der Waals surface area contributed by atoms with Crippen LogP contribution in [0.4, 0.5) is 0 Å². The van der Waals surface area contributed by atoms with Crippen molar-refractivity contribution in [2.24, 2.45) is 0 Å². The van der Waals surface area contributed by atoms with Crippen molar-refractivity contribution < 1.29 is 0 Å². The van der Waals surface area contributed by atoms with Gasteiger partial charge in [-0.1, -0.05) is 66.2 Å². The Morgan fingerprint density at radius 3 is 2.39 bits per heavy atom. The molecule has 0 radical (unpaired) electrons. The molecule has 0 fully saturated rings. The number of aryl methyl sites for hydroxylation is 1. The maximum Gasteiger partial charge on any atom is 0.204 e. The van der Waals surface area contributed by atoms with Crippen LogP contribution >= 0.6 is 0 Å². The molecule has 0 saturated heterocycles. The van der Waals surface area contributed by atoms with E-state index in [1.54, 1.807) is 4.80 Å². The molecule has 2 aromatic carbocycles. The second kappa shape index (κ2) is 8.10. The summed E-state index contributed by atoms with van der Waals surface area (Å²) in [4.78, 5) is 8.36. The molecule has 0 N–H and O–H groups in total. The third kappa shape index (κ3) is 3.97. The van der Waals surface area contributed by atoms with Crippen LogP contribution in [-0.2, 0) is 6.67 Å². The molecule has 0 spiro atoms. The van der Waals surface area contributed by atoms with Crippen LogP contribution in [0.5, 0.6) is 0 Å². The van der Waals surface area contributed by atoms with E-state index in [0.29, 0.717) is 12.5 Å². The van der Waals surface area contributed by atoms with Crippen LogP contribution in [0.1, 0.15) is 22.9 Å². The number of pyridine rings is 1. The maximum absolute atomic E-state index is 4.57. The van der Waals surface area contributed by atoms with Crippen LogP contribution in [0, 0.1) is 6.92 Å². The predicted molar refractivity (Wildman–Crippen MR) is 108 cm³/mol. The molecule has 28 heavy (non-hydrogen) atoms. The first kappa shape index (κ1) is 18.0. The van der Waals surface area contributed by atoms with Crippen LogP contribution < -0.4 is 0 Å². The third-order valence-electron chi connectivity index (χ3n) is 4.64. The van der Waals surface area contributed by atoms with Crippen molar-refractivity contribution in [2.45, 2.75) is 19.6 Å². The van der Waals surface area contributed by atoms with Gasteiger partial charge in [0.1, 0.15) is 6.67 Å². The smallest absolute Gasteiger partial charge is 0.204 e. The zero-order valence-corrected chi connectivity index (χ0v) is 16.0. The molecule has 6 nitrogen and oxygen atoms in total. The van der Waals surface area contributed by atoms with Crippen molar-refractivity contribution in [3.8, 4) is 11.4 Å². The summed E-state index contributed by atoms with van der Waals surface area (Å²) in [6.45, 7) is 2.55. The largest absolute Gasteiger partial charge is 0.273 e. The molecule has 0 aliphatic rings. The lowest BCUT2D eigenvalue weighted by Gasteiger charge is -2.27. The van der Waals surface area contributed by atoms with E-state index in [1.165, 1.54) is 11.1 Å². The summed E-state index contributed by atoms with van der Waals surface area (Å²) in [7, 11) is 2.04. The minimum Gasteiger partial charge on any atom is -0.273 e. The molecule has 4 aromatic rings. The normalized spacial score (nSPS) is 12.2. The minimum atomic E-state index is -0.00350. The van der Waals surface area contributed by atoms with E-state index in [2.05, 4.69) is 56.5 Å². The number of hydrogen-bond acceptors (Lipinski definition) is 5. The number of benzene rings is 2. The Morgan fingerprint density at radius 1 is 0.929 bits per heavy atom. The Bertz CT molecular complexity index is 972. The first-order valence-electron chi connectivity index (χ1n) is 9.21. The second-order valence-electron chi connectivity index (χ2n) is 6.82. The van der Waals surface area contributed by atoms with Gasteiger partial charge in [-0.25, -0.2) is 0 Å². The minimum absolute atomic E-state index is 0.00350. The molecule has 0 amide bonds. The van der Waals surface area contributed by atoms with E-state index in [1.807, 2.05) is 61.8 Å². The highest BCUT2D eigenvalue weighted by Crippen LogP contribution is 2.26. The van der Waals surface area contributed by atoms with Gasteiger partial charge in [0.2, 0.25) is 5.82 Å². The van der Waals surface area contributed by atoms with Gasteiger partial charge in [0.15, 0.2) is 0 Å². The van der Waals surface area contributed by atoms with Gasteiger partial charge in [-0.05, 0) is 36.9 Å². The zero-order valence-electron chi connectivity index (χ0n) is 16.0. The van der Waals surface area contributed by atoms with E-state index < -0.39 is 0 Å². The molecule has 6 heteroatoms. The summed E-state index contributed by atoms with van der Waals surface area (Å²) in [5.41, 5.74) is 4.32. The van der Waals surface area contributed by atoms with Gasteiger partial charge in [0.05, 0.1) is 11.7 Å². The Labute approximate surface area is 164 Å². The quantitative estimate of drug-likeness (QED) is 0.518. The summed E-state index contributed by atoms with van der Waals surface area (Å²) in [5.74, 6) is 0.627. The Morgan fingerprint density at radius 2 is 1.68 bits per heavy atom. The van der Waals surface area contributed by atoms with Crippen LogP contribution in [-0.4, -0.2) is 37.1 Å². The van der Waals surface area contributed by atoms with Gasteiger partial charge in [-0.3, -0.25) is 9.88 Å². The average molecular weight is 370 g/mol.